The van der Waals surface area contributed by atoms with Crippen molar-refractivity contribution >= 4 is 34.8 Å². The van der Waals surface area contributed by atoms with E-state index < -0.39 is 18.5 Å². The fourth-order valence-corrected chi connectivity index (χ4v) is 4.03. The first-order valence-corrected chi connectivity index (χ1v) is 11.8. The first-order chi connectivity index (χ1) is 16.9. The number of amides is 2. The van der Waals surface area contributed by atoms with Crippen molar-refractivity contribution in [2.45, 2.75) is 13.8 Å². The van der Waals surface area contributed by atoms with Crippen LogP contribution in [-0.4, -0.2) is 40.7 Å². The molecule has 2 heterocycles. The summed E-state index contributed by atoms with van der Waals surface area (Å²) in [6, 6.07) is 20.2. The van der Waals surface area contributed by atoms with Gasteiger partial charge in [0.2, 0.25) is 5.91 Å². The van der Waals surface area contributed by atoms with E-state index in [-0.39, 0.29) is 18.1 Å². The molecule has 0 saturated heterocycles. The molecule has 4 rings (SSSR count). The van der Waals surface area contributed by atoms with Gasteiger partial charge in [-0.05, 0) is 54.6 Å². The van der Waals surface area contributed by atoms with Gasteiger partial charge in [0, 0.05) is 11.8 Å². The second-order valence-electron chi connectivity index (χ2n) is 7.79. The quantitative estimate of drug-likeness (QED) is 0.363. The maximum absolute atomic E-state index is 12.8. The number of ether oxygens (including phenoxy) is 1. The average molecular weight is 489 g/mol. The minimum absolute atomic E-state index is 0.195. The molecule has 8 nitrogen and oxygen atoms in total. The molecule has 9 heteroatoms. The van der Waals surface area contributed by atoms with Crippen LogP contribution in [0, 0.1) is 13.8 Å². The molecule has 0 atom stereocenters. The van der Waals surface area contributed by atoms with Crippen LogP contribution in [0.25, 0.3) is 16.3 Å². The SMILES string of the molecule is Cc1cccc(NC(=O)CNC(=O)COC(=O)c2cc(-c3cccs3)nn2-c2ccccc2)c1C. The van der Waals surface area contributed by atoms with E-state index in [1.54, 1.807) is 12.1 Å². The van der Waals surface area contributed by atoms with E-state index in [0.29, 0.717) is 17.1 Å². The summed E-state index contributed by atoms with van der Waals surface area (Å²) in [6.07, 6.45) is 0. The Morgan fingerprint density at radius 2 is 1.77 bits per heavy atom. The normalized spacial score (nSPS) is 10.6. The third-order valence-electron chi connectivity index (χ3n) is 5.35. The summed E-state index contributed by atoms with van der Waals surface area (Å²) in [5.41, 5.74) is 4.21. The molecule has 2 amide bonds. The standard InChI is InChI=1S/C26H24N4O4S/c1-17-8-6-11-20(18(17)2)28-24(31)15-27-25(32)16-34-26(33)22-14-21(23-12-7-13-35-23)29-30(22)19-9-4-3-5-10-19/h3-14H,15-16H2,1-2H3,(H,27,32)(H,28,31). The van der Waals surface area contributed by atoms with Gasteiger partial charge in [-0.15, -0.1) is 11.3 Å². The molecular weight excluding hydrogens is 464 g/mol. The fraction of sp³-hybridized carbons (Fsp3) is 0.154. The summed E-state index contributed by atoms with van der Waals surface area (Å²) in [5.74, 6) is -1.65. The highest BCUT2D eigenvalue weighted by atomic mass is 32.1. The number of nitrogens with one attached hydrogen (secondary N) is 2. The van der Waals surface area contributed by atoms with Crippen LogP contribution >= 0.6 is 11.3 Å². The number of anilines is 1. The van der Waals surface area contributed by atoms with Gasteiger partial charge in [-0.3, -0.25) is 9.59 Å². The van der Waals surface area contributed by atoms with Gasteiger partial charge in [-0.2, -0.15) is 5.10 Å². The first kappa shape index (κ1) is 23.9. The molecule has 2 aromatic carbocycles. The molecular formula is C26H24N4O4S. The lowest BCUT2D eigenvalue weighted by molar-refractivity contribution is -0.126. The largest absolute Gasteiger partial charge is 0.451 e. The lowest BCUT2D eigenvalue weighted by atomic mass is 10.1. The van der Waals surface area contributed by atoms with Gasteiger partial charge >= 0.3 is 5.97 Å². The summed E-state index contributed by atoms with van der Waals surface area (Å²) in [5, 5.41) is 11.7. The Kier molecular flexibility index (Phi) is 7.37. The molecule has 0 spiro atoms. The van der Waals surface area contributed by atoms with Gasteiger partial charge in [0.1, 0.15) is 5.69 Å². The van der Waals surface area contributed by atoms with Crippen LogP contribution in [0.4, 0.5) is 5.69 Å². The van der Waals surface area contributed by atoms with E-state index >= 15 is 0 Å². The Hall–Kier alpha value is -4.24. The zero-order valence-corrected chi connectivity index (χ0v) is 20.1. The highest BCUT2D eigenvalue weighted by Gasteiger charge is 2.20. The number of carbonyl (C=O) groups excluding carboxylic acids is 3. The van der Waals surface area contributed by atoms with Crippen LogP contribution in [0.5, 0.6) is 0 Å². The molecule has 0 fully saturated rings. The van der Waals surface area contributed by atoms with Gasteiger partial charge in [-0.1, -0.05) is 36.4 Å². The minimum atomic E-state index is -0.695. The van der Waals surface area contributed by atoms with E-state index in [9.17, 15) is 14.4 Å². The summed E-state index contributed by atoms with van der Waals surface area (Å²) in [4.78, 5) is 38.2. The second kappa shape index (κ2) is 10.8. The van der Waals surface area contributed by atoms with Crippen LogP contribution < -0.4 is 10.6 Å². The van der Waals surface area contributed by atoms with Gasteiger partial charge in [0.05, 0.1) is 17.1 Å². The van der Waals surface area contributed by atoms with Crippen LogP contribution in [0.3, 0.4) is 0 Å². The van der Waals surface area contributed by atoms with Gasteiger partial charge < -0.3 is 15.4 Å². The molecule has 0 aliphatic carbocycles. The zero-order chi connectivity index (χ0) is 24.8. The molecule has 0 saturated carbocycles. The van der Waals surface area contributed by atoms with Gasteiger partial charge in [0.25, 0.3) is 5.91 Å². The monoisotopic (exact) mass is 488 g/mol. The van der Waals surface area contributed by atoms with Gasteiger partial charge in [0.15, 0.2) is 12.3 Å². The smallest absolute Gasteiger partial charge is 0.357 e. The molecule has 0 radical (unpaired) electrons. The number of rotatable bonds is 8. The third-order valence-corrected chi connectivity index (χ3v) is 6.24. The molecule has 178 valence electrons. The molecule has 2 aromatic heterocycles. The lowest BCUT2D eigenvalue weighted by Gasteiger charge is -2.11. The second-order valence-corrected chi connectivity index (χ2v) is 8.74. The Balaban J connectivity index is 1.37. The molecule has 0 aliphatic rings. The Bertz CT molecular complexity index is 1350. The Morgan fingerprint density at radius 1 is 0.971 bits per heavy atom. The predicted molar refractivity (Wildman–Crippen MR) is 135 cm³/mol. The topological polar surface area (TPSA) is 102 Å². The van der Waals surface area contributed by atoms with Gasteiger partial charge in [-0.25, -0.2) is 9.48 Å². The summed E-state index contributed by atoms with van der Waals surface area (Å²) >= 11 is 1.50. The van der Waals surface area contributed by atoms with Crippen molar-refractivity contribution in [3.05, 3.63) is 88.9 Å². The van der Waals surface area contributed by atoms with Crippen molar-refractivity contribution in [1.29, 1.82) is 0 Å². The van der Waals surface area contributed by atoms with Crippen LogP contribution in [0.2, 0.25) is 0 Å². The van der Waals surface area contributed by atoms with Crippen molar-refractivity contribution in [3.63, 3.8) is 0 Å². The summed E-state index contributed by atoms with van der Waals surface area (Å²) in [7, 11) is 0. The Morgan fingerprint density at radius 3 is 2.51 bits per heavy atom. The number of aromatic nitrogens is 2. The highest BCUT2D eigenvalue weighted by Crippen LogP contribution is 2.26. The molecule has 2 N–H and O–H groups in total. The molecule has 4 aromatic rings. The number of benzene rings is 2. The van der Waals surface area contributed by atoms with Crippen molar-refractivity contribution < 1.29 is 19.1 Å². The summed E-state index contributed by atoms with van der Waals surface area (Å²) in [6.45, 7) is 3.10. The van der Waals surface area contributed by atoms with E-state index in [4.69, 9.17) is 4.74 Å². The maximum atomic E-state index is 12.8. The van der Waals surface area contributed by atoms with E-state index in [0.717, 1.165) is 16.0 Å². The van der Waals surface area contributed by atoms with Crippen LogP contribution in [0.15, 0.2) is 72.1 Å². The number of hydrogen-bond donors (Lipinski definition) is 2. The minimum Gasteiger partial charge on any atom is -0.451 e. The molecule has 0 aliphatic heterocycles. The number of esters is 1. The zero-order valence-electron chi connectivity index (χ0n) is 19.3. The van der Waals surface area contributed by atoms with Crippen molar-refractivity contribution in [2.24, 2.45) is 0 Å². The summed E-state index contributed by atoms with van der Waals surface area (Å²) < 4.78 is 6.72. The number of thiophene rings is 1. The van der Waals surface area contributed by atoms with E-state index in [1.807, 2.05) is 73.8 Å². The predicted octanol–water partition coefficient (Wildman–Crippen LogP) is 4.13. The number of para-hydroxylation sites is 1. The van der Waals surface area contributed by atoms with E-state index in [2.05, 4.69) is 15.7 Å². The van der Waals surface area contributed by atoms with E-state index in [1.165, 1.54) is 16.0 Å². The van der Waals surface area contributed by atoms with Crippen LogP contribution in [-0.2, 0) is 14.3 Å². The third kappa shape index (κ3) is 5.82. The molecule has 35 heavy (non-hydrogen) atoms. The Labute approximate surface area is 206 Å². The van der Waals surface area contributed by atoms with Crippen LogP contribution in [0.1, 0.15) is 21.6 Å². The fourth-order valence-electron chi connectivity index (χ4n) is 3.35. The lowest BCUT2D eigenvalue weighted by Crippen LogP contribution is -2.35. The number of carbonyl (C=O) groups is 3. The number of hydrogen-bond acceptors (Lipinski definition) is 6. The highest BCUT2D eigenvalue weighted by molar-refractivity contribution is 7.13. The number of nitrogens with zero attached hydrogens (tertiary/aromatic N) is 2. The number of aryl methyl sites for hydroxylation is 1. The van der Waals surface area contributed by atoms with Crippen molar-refractivity contribution in [3.8, 4) is 16.3 Å². The molecule has 0 unspecified atom stereocenters. The van der Waals surface area contributed by atoms with Crippen molar-refractivity contribution in [1.82, 2.24) is 15.1 Å². The molecule has 0 bridgehead atoms. The maximum Gasteiger partial charge on any atom is 0.357 e. The van der Waals surface area contributed by atoms with Crippen molar-refractivity contribution in [2.75, 3.05) is 18.5 Å². The first-order valence-electron chi connectivity index (χ1n) is 10.9. The average Bonchev–Trinajstić information content (AvgIpc) is 3.55.